The Labute approximate surface area is 178 Å². The molecule has 2 aliphatic heterocycles. The van der Waals surface area contributed by atoms with Crippen molar-refractivity contribution in [2.75, 3.05) is 26.3 Å². The van der Waals surface area contributed by atoms with Crippen LogP contribution >= 0.6 is 0 Å². The smallest absolute Gasteiger partial charge is 0.349 e. The molecule has 3 heterocycles. The molecule has 5 rings (SSSR count). The van der Waals surface area contributed by atoms with Gasteiger partial charge in [0.1, 0.15) is 24.4 Å². The van der Waals surface area contributed by atoms with Crippen LogP contribution < -0.4 is 15.1 Å². The van der Waals surface area contributed by atoms with E-state index in [1.807, 2.05) is 6.07 Å². The molecule has 2 aliphatic rings. The Morgan fingerprint density at radius 2 is 1.65 bits per heavy atom. The maximum atomic E-state index is 13.0. The van der Waals surface area contributed by atoms with Crippen LogP contribution in [0.1, 0.15) is 33.6 Å². The number of para-hydroxylation sites is 1. The van der Waals surface area contributed by atoms with Crippen molar-refractivity contribution in [3.63, 3.8) is 0 Å². The summed E-state index contributed by atoms with van der Waals surface area (Å²) in [5, 5.41) is 0.703. The predicted octanol–water partition coefficient (Wildman–Crippen LogP) is 3.30. The van der Waals surface area contributed by atoms with Crippen molar-refractivity contribution in [1.82, 2.24) is 4.90 Å². The molecule has 31 heavy (non-hydrogen) atoms. The second-order valence-electron chi connectivity index (χ2n) is 7.77. The van der Waals surface area contributed by atoms with Crippen LogP contribution in [0.4, 0.5) is 0 Å². The summed E-state index contributed by atoms with van der Waals surface area (Å²) in [5.41, 5.74) is 0.422. The monoisotopic (exact) mass is 419 g/mol. The van der Waals surface area contributed by atoms with Gasteiger partial charge >= 0.3 is 5.63 Å². The maximum Gasteiger partial charge on any atom is 0.349 e. The number of hydrogen-bond acceptors (Lipinski definition) is 6. The first-order valence-electron chi connectivity index (χ1n) is 10.4. The minimum absolute atomic E-state index is 0.0234. The highest BCUT2D eigenvalue weighted by molar-refractivity contribution is 5.99. The molecule has 7 nitrogen and oxygen atoms in total. The van der Waals surface area contributed by atoms with Crippen LogP contribution in [-0.2, 0) is 0 Å². The van der Waals surface area contributed by atoms with Gasteiger partial charge in [-0.05, 0) is 43.2 Å². The van der Waals surface area contributed by atoms with E-state index in [1.165, 1.54) is 0 Å². The Bertz CT molecular complexity index is 1220. The van der Waals surface area contributed by atoms with Gasteiger partial charge in [-0.2, -0.15) is 0 Å². The van der Waals surface area contributed by atoms with Gasteiger partial charge in [0.05, 0.1) is 0 Å². The summed E-state index contributed by atoms with van der Waals surface area (Å²) in [6.45, 7) is 1.79. The zero-order valence-corrected chi connectivity index (χ0v) is 16.8. The molecule has 1 aromatic heterocycles. The summed E-state index contributed by atoms with van der Waals surface area (Å²) in [7, 11) is 0. The standard InChI is InChI=1S/C24H21NO6/c26-22(17-5-6-20-21(14-17)30-12-11-29-20)15-7-9-25(10-8-15)23(27)18-13-16-3-1-2-4-19(16)31-24(18)28/h1-6,13-15H,7-12H2. The molecule has 1 amide bonds. The van der Waals surface area contributed by atoms with E-state index in [0.717, 1.165) is 0 Å². The molecule has 0 aliphatic carbocycles. The number of fused-ring (bicyclic) bond motifs is 2. The Hall–Kier alpha value is -3.61. The van der Waals surface area contributed by atoms with E-state index in [0.29, 0.717) is 67.2 Å². The molecule has 3 aromatic rings. The Morgan fingerprint density at radius 3 is 2.45 bits per heavy atom. The Balaban J connectivity index is 1.28. The van der Waals surface area contributed by atoms with E-state index < -0.39 is 5.63 Å². The van der Waals surface area contributed by atoms with Crippen molar-refractivity contribution in [2.45, 2.75) is 12.8 Å². The van der Waals surface area contributed by atoms with Crippen molar-refractivity contribution in [1.29, 1.82) is 0 Å². The van der Waals surface area contributed by atoms with Gasteiger partial charge in [0.25, 0.3) is 5.91 Å². The number of likely N-dealkylation sites (tertiary alicyclic amines) is 1. The average Bonchev–Trinajstić information content (AvgIpc) is 2.82. The molecular formula is C24H21NO6. The SMILES string of the molecule is O=C(c1ccc2c(c1)OCCO2)C1CCN(C(=O)c2cc3ccccc3oc2=O)CC1. The zero-order chi connectivity index (χ0) is 21.4. The molecule has 0 N–H and O–H groups in total. The fraction of sp³-hybridized carbons (Fsp3) is 0.292. The number of carbonyl (C=O) groups is 2. The summed E-state index contributed by atoms with van der Waals surface area (Å²) in [6, 6.07) is 13.9. The Kier molecular flexibility index (Phi) is 4.94. The second-order valence-corrected chi connectivity index (χ2v) is 7.77. The number of ketones is 1. The molecular weight excluding hydrogens is 398 g/mol. The first-order valence-corrected chi connectivity index (χ1v) is 10.4. The molecule has 0 radical (unpaired) electrons. The highest BCUT2D eigenvalue weighted by Gasteiger charge is 2.30. The number of Topliss-reactive ketones (excluding diaryl/α,β-unsaturated/α-hetero) is 1. The molecule has 1 fully saturated rings. The lowest BCUT2D eigenvalue weighted by Gasteiger charge is -2.31. The van der Waals surface area contributed by atoms with Crippen LogP contribution in [0.25, 0.3) is 11.0 Å². The van der Waals surface area contributed by atoms with Gasteiger partial charge < -0.3 is 18.8 Å². The molecule has 0 bridgehead atoms. The maximum absolute atomic E-state index is 13.0. The number of piperidine rings is 1. The van der Waals surface area contributed by atoms with Gasteiger partial charge in [-0.15, -0.1) is 0 Å². The van der Waals surface area contributed by atoms with Crippen molar-refractivity contribution < 1.29 is 23.5 Å². The first-order chi connectivity index (χ1) is 15.1. The molecule has 0 saturated carbocycles. The van der Waals surface area contributed by atoms with Crippen molar-refractivity contribution in [2.24, 2.45) is 5.92 Å². The van der Waals surface area contributed by atoms with E-state index in [-0.39, 0.29) is 23.2 Å². The van der Waals surface area contributed by atoms with Crippen LogP contribution in [0, 0.1) is 5.92 Å². The van der Waals surface area contributed by atoms with Gasteiger partial charge in [-0.1, -0.05) is 18.2 Å². The van der Waals surface area contributed by atoms with Crippen molar-refractivity contribution >= 4 is 22.7 Å². The molecule has 7 heteroatoms. The number of amides is 1. The molecule has 0 spiro atoms. The van der Waals surface area contributed by atoms with Gasteiger partial charge in [0, 0.05) is 30.0 Å². The minimum atomic E-state index is -0.641. The zero-order valence-electron chi connectivity index (χ0n) is 16.8. The third kappa shape index (κ3) is 3.67. The molecule has 1 saturated heterocycles. The lowest BCUT2D eigenvalue weighted by Crippen LogP contribution is -2.41. The van der Waals surface area contributed by atoms with Crippen molar-refractivity contribution in [3.8, 4) is 11.5 Å². The lowest BCUT2D eigenvalue weighted by atomic mass is 9.88. The fourth-order valence-electron chi connectivity index (χ4n) is 4.16. The van der Waals surface area contributed by atoms with Gasteiger partial charge in [0.15, 0.2) is 17.3 Å². The number of ether oxygens (including phenoxy) is 2. The summed E-state index contributed by atoms with van der Waals surface area (Å²) in [5.74, 6) is 0.740. The molecule has 0 atom stereocenters. The van der Waals surface area contributed by atoms with Gasteiger partial charge in [-0.25, -0.2) is 4.79 Å². The largest absolute Gasteiger partial charge is 0.486 e. The van der Waals surface area contributed by atoms with E-state index >= 15 is 0 Å². The van der Waals surface area contributed by atoms with Crippen LogP contribution in [0.2, 0.25) is 0 Å². The summed E-state index contributed by atoms with van der Waals surface area (Å²) >= 11 is 0. The molecule has 2 aromatic carbocycles. The third-order valence-electron chi connectivity index (χ3n) is 5.85. The van der Waals surface area contributed by atoms with E-state index in [4.69, 9.17) is 13.9 Å². The molecule has 0 unspecified atom stereocenters. The Morgan fingerprint density at radius 1 is 0.903 bits per heavy atom. The topological polar surface area (TPSA) is 86.1 Å². The molecule has 158 valence electrons. The highest BCUT2D eigenvalue weighted by Crippen LogP contribution is 2.32. The summed E-state index contributed by atoms with van der Waals surface area (Å²) in [4.78, 5) is 39.8. The number of carbonyl (C=O) groups excluding carboxylic acids is 2. The van der Waals surface area contributed by atoms with Crippen LogP contribution in [-0.4, -0.2) is 42.9 Å². The summed E-state index contributed by atoms with van der Waals surface area (Å²) in [6.07, 6.45) is 1.08. The van der Waals surface area contributed by atoms with Crippen LogP contribution in [0.3, 0.4) is 0 Å². The second kappa shape index (κ2) is 7.91. The van der Waals surface area contributed by atoms with Gasteiger partial charge in [-0.3, -0.25) is 9.59 Å². The van der Waals surface area contributed by atoms with Gasteiger partial charge in [0.2, 0.25) is 0 Å². The first kappa shape index (κ1) is 19.4. The number of rotatable bonds is 3. The number of hydrogen-bond donors (Lipinski definition) is 0. The van der Waals surface area contributed by atoms with Crippen LogP contribution in [0.15, 0.2) is 57.7 Å². The quantitative estimate of drug-likeness (QED) is 0.478. The number of benzene rings is 2. The lowest BCUT2D eigenvalue weighted by molar-refractivity contribution is 0.0646. The van der Waals surface area contributed by atoms with E-state index in [1.54, 1.807) is 47.4 Å². The summed E-state index contributed by atoms with van der Waals surface area (Å²) < 4.78 is 16.4. The highest BCUT2D eigenvalue weighted by atomic mass is 16.6. The third-order valence-corrected chi connectivity index (χ3v) is 5.85. The normalized spacial score (nSPS) is 16.3. The van der Waals surface area contributed by atoms with E-state index in [9.17, 15) is 14.4 Å². The predicted molar refractivity (Wildman–Crippen MR) is 113 cm³/mol. The number of nitrogens with zero attached hydrogens (tertiary/aromatic N) is 1. The fourth-order valence-corrected chi connectivity index (χ4v) is 4.16. The minimum Gasteiger partial charge on any atom is -0.486 e. The average molecular weight is 419 g/mol. The van der Waals surface area contributed by atoms with E-state index in [2.05, 4.69) is 0 Å². The van der Waals surface area contributed by atoms with Crippen molar-refractivity contribution in [3.05, 3.63) is 70.1 Å². The van der Waals surface area contributed by atoms with Crippen LogP contribution in [0.5, 0.6) is 11.5 Å².